The van der Waals surface area contributed by atoms with Crippen LogP contribution in [0, 0.1) is 0 Å². The van der Waals surface area contributed by atoms with Gasteiger partial charge in [0, 0.05) is 30.7 Å². The molecule has 104 valence electrons. The van der Waals surface area contributed by atoms with Crippen molar-refractivity contribution in [3.05, 3.63) is 34.3 Å². The van der Waals surface area contributed by atoms with Crippen LogP contribution in [0.1, 0.15) is 5.56 Å². The molecule has 1 aliphatic rings. The maximum atomic E-state index is 12.4. The van der Waals surface area contributed by atoms with Gasteiger partial charge >= 0.3 is 0 Å². The highest BCUT2D eigenvalue weighted by molar-refractivity contribution is 9.10. The van der Waals surface area contributed by atoms with Gasteiger partial charge in [-0.3, -0.25) is 4.79 Å². The first-order valence-corrected chi connectivity index (χ1v) is 7.32. The number of amides is 1. The number of hydrogen-bond donors (Lipinski definition) is 1. The van der Waals surface area contributed by atoms with Gasteiger partial charge in [0.05, 0.1) is 12.5 Å². The lowest BCUT2D eigenvalue weighted by Gasteiger charge is -2.39. The molecule has 19 heavy (non-hydrogen) atoms. The zero-order valence-corrected chi connectivity index (χ0v) is 12.8. The molecular formula is C14H20BrN3O. The van der Waals surface area contributed by atoms with Crippen LogP contribution in [-0.2, 0) is 11.2 Å². The molecule has 1 amide bonds. The van der Waals surface area contributed by atoms with Crippen LogP contribution < -0.4 is 5.73 Å². The van der Waals surface area contributed by atoms with E-state index in [2.05, 4.69) is 27.9 Å². The minimum atomic E-state index is 0.133. The maximum Gasteiger partial charge on any atom is 0.227 e. The van der Waals surface area contributed by atoms with Crippen LogP contribution in [0.4, 0.5) is 0 Å². The van der Waals surface area contributed by atoms with Crippen molar-refractivity contribution in [3.8, 4) is 0 Å². The third-order valence-corrected chi connectivity index (χ3v) is 4.35. The SMILES string of the molecule is CN1CCN(C(=O)Cc2ccccc2Br)[C@@H](CN)C1. The summed E-state index contributed by atoms with van der Waals surface area (Å²) in [6.07, 6.45) is 0.432. The van der Waals surface area contributed by atoms with Gasteiger partial charge in [0.1, 0.15) is 0 Å². The number of piperazine rings is 1. The molecule has 0 spiro atoms. The fraction of sp³-hybridized carbons (Fsp3) is 0.500. The molecule has 0 aromatic heterocycles. The lowest BCUT2D eigenvalue weighted by molar-refractivity contribution is -0.134. The molecule has 0 unspecified atom stereocenters. The van der Waals surface area contributed by atoms with Gasteiger partial charge in [-0.05, 0) is 18.7 Å². The summed E-state index contributed by atoms with van der Waals surface area (Å²) in [4.78, 5) is 16.6. The van der Waals surface area contributed by atoms with E-state index in [0.29, 0.717) is 13.0 Å². The molecule has 0 aliphatic carbocycles. The standard InChI is InChI=1S/C14H20BrN3O/c1-17-6-7-18(12(9-16)10-17)14(19)8-11-4-2-3-5-13(11)15/h2-5,12H,6-10,16H2,1H3/t12-/m0/s1. The Kier molecular flexibility index (Phi) is 4.96. The molecule has 1 fully saturated rings. The van der Waals surface area contributed by atoms with E-state index in [1.807, 2.05) is 29.2 Å². The van der Waals surface area contributed by atoms with Crippen molar-refractivity contribution < 1.29 is 4.79 Å². The van der Waals surface area contributed by atoms with Crippen LogP contribution in [0.2, 0.25) is 0 Å². The van der Waals surface area contributed by atoms with Crippen molar-refractivity contribution in [2.75, 3.05) is 33.2 Å². The lowest BCUT2D eigenvalue weighted by atomic mass is 10.1. The van der Waals surface area contributed by atoms with E-state index >= 15 is 0 Å². The monoisotopic (exact) mass is 325 g/mol. The van der Waals surface area contributed by atoms with Crippen LogP contribution in [0.15, 0.2) is 28.7 Å². The highest BCUT2D eigenvalue weighted by atomic mass is 79.9. The molecule has 4 nitrogen and oxygen atoms in total. The van der Waals surface area contributed by atoms with Crippen molar-refractivity contribution in [2.24, 2.45) is 5.73 Å². The third-order valence-electron chi connectivity index (χ3n) is 3.58. The lowest BCUT2D eigenvalue weighted by Crippen LogP contribution is -2.57. The van der Waals surface area contributed by atoms with E-state index in [0.717, 1.165) is 29.7 Å². The number of carbonyl (C=O) groups excluding carboxylic acids is 1. The van der Waals surface area contributed by atoms with Crippen molar-refractivity contribution in [1.29, 1.82) is 0 Å². The van der Waals surface area contributed by atoms with E-state index in [9.17, 15) is 4.79 Å². The summed E-state index contributed by atoms with van der Waals surface area (Å²) in [6, 6.07) is 7.99. The Balaban J connectivity index is 2.05. The fourth-order valence-electron chi connectivity index (χ4n) is 2.45. The molecule has 2 N–H and O–H groups in total. The van der Waals surface area contributed by atoms with Gasteiger partial charge in [0.25, 0.3) is 0 Å². The van der Waals surface area contributed by atoms with Crippen LogP contribution in [-0.4, -0.2) is 55.0 Å². The Morgan fingerprint density at radius 2 is 2.16 bits per heavy atom. The third kappa shape index (κ3) is 3.55. The van der Waals surface area contributed by atoms with Crippen molar-refractivity contribution in [3.63, 3.8) is 0 Å². The number of benzene rings is 1. The van der Waals surface area contributed by atoms with Crippen LogP contribution in [0.25, 0.3) is 0 Å². The summed E-state index contributed by atoms with van der Waals surface area (Å²) in [5.41, 5.74) is 6.82. The largest absolute Gasteiger partial charge is 0.336 e. The molecule has 1 saturated heterocycles. The molecule has 1 atom stereocenters. The molecular weight excluding hydrogens is 306 g/mol. The summed E-state index contributed by atoms with van der Waals surface area (Å²) >= 11 is 3.49. The van der Waals surface area contributed by atoms with Gasteiger partial charge in [0.15, 0.2) is 0 Å². The summed E-state index contributed by atoms with van der Waals surface area (Å²) < 4.78 is 0.988. The summed E-state index contributed by atoms with van der Waals surface area (Å²) in [5, 5.41) is 0. The molecule has 1 aromatic rings. The number of halogens is 1. The smallest absolute Gasteiger partial charge is 0.227 e. The van der Waals surface area contributed by atoms with E-state index in [-0.39, 0.29) is 11.9 Å². The number of hydrogen-bond acceptors (Lipinski definition) is 3. The highest BCUT2D eigenvalue weighted by Gasteiger charge is 2.27. The number of carbonyl (C=O) groups is 1. The number of rotatable bonds is 3. The molecule has 0 radical (unpaired) electrons. The Labute approximate surface area is 122 Å². The summed E-state index contributed by atoms with van der Waals surface area (Å²) in [5.74, 6) is 0.162. The van der Waals surface area contributed by atoms with E-state index in [1.54, 1.807) is 0 Å². The molecule has 1 aliphatic heterocycles. The van der Waals surface area contributed by atoms with Gasteiger partial charge in [0.2, 0.25) is 5.91 Å². The second-order valence-electron chi connectivity index (χ2n) is 5.01. The van der Waals surface area contributed by atoms with Crippen molar-refractivity contribution >= 4 is 21.8 Å². The molecule has 1 heterocycles. The molecule has 2 rings (SSSR count). The Bertz CT molecular complexity index is 452. The van der Waals surface area contributed by atoms with Crippen LogP contribution in [0.5, 0.6) is 0 Å². The predicted molar refractivity (Wildman–Crippen MR) is 79.9 cm³/mol. The first-order valence-electron chi connectivity index (χ1n) is 6.53. The molecule has 0 saturated carbocycles. The Hall–Kier alpha value is -0.910. The van der Waals surface area contributed by atoms with Crippen molar-refractivity contribution in [2.45, 2.75) is 12.5 Å². The van der Waals surface area contributed by atoms with E-state index in [4.69, 9.17) is 5.73 Å². The number of likely N-dealkylation sites (N-methyl/N-ethyl adjacent to an activating group) is 1. The zero-order chi connectivity index (χ0) is 13.8. The first-order chi connectivity index (χ1) is 9.11. The molecule has 1 aromatic carbocycles. The second-order valence-corrected chi connectivity index (χ2v) is 5.86. The Morgan fingerprint density at radius 1 is 1.42 bits per heavy atom. The minimum absolute atomic E-state index is 0.133. The Morgan fingerprint density at radius 3 is 2.84 bits per heavy atom. The topological polar surface area (TPSA) is 49.6 Å². The molecule has 5 heteroatoms. The van der Waals surface area contributed by atoms with Gasteiger partial charge in [-0.2, -0.15) is 0 Å². The summed E-state index contributed by atoms with van der Waals surface area (Å²) in [7, 11) is 2.07. The highest BCUT2D eigenvalue weighted by Crippen LogP contribution is 2.18. The van der Waals surface area contributed by atoms with Gasteiger partial charge in [-0.15, -0.1) is 0 Å². The van der Waals surface area contributed by atoms with Gasteiger partial charge < -0.3 is 15.5 Å². The van der Waals surface area contributed by atoms with Crippen molar-refractivity contribution in [1.82, 2.24) is 9.80 Å². The second kappa shape index (κ2) is 6.50. The summed E-state index contributed by atoms with van der Waals surface area (Å²) in [6.45, 7) is 3.06. The quantitative estimate of drug-likeness (QED) is 0.905. The average molecular weight is 326 g/mol. The normalized spacial score (nSPS) is 20.6. The maximum absolute atomic E-state index is 12.4. The predicted octanol–water partition coefficient (Wildman–Crippen LogP) is 1.09. The van der Waals surface area contributed by atoms with Crippen LogP contribution in [0.3, 0.4) is 0 Å². The molecule has 0 bridgehead atoms. The van der Waals surface area contributed by atoms with Gasteiger partial charge in [-0.1, -0.05) is 34.1 Å². The van der Waals surface area contributed by atoms with Gasteiger partial charge in [-0.25, -0.2) is 0 Å². The minimum Gasteiger partial charge on any atom is -0.336 e. The zero-order valence-electron chi connectivity index (χ0n) is 11.2. The number of nitrogens with two attached hydrogens (primary N) is 1. The average Bonchev–Trinajstić information content (AvgIpc) is 2.41. The fourth-order valence-corrected chi connectivity index (χ4v) is 2.87. The van der Waals surface area contributed by atoms with Crippen LogP contribution >= 0.6 is 15.9 Å². The van der Waals surface area contributed by atoms with E-state index in [1.165, 1.54) is 0 Å². The number of nitrogens with zero attached hydrogens (tertiary/aromatic N) is 2. The first kappa shape index (κ1) is 14.5. The van der Waals surface area contributed by atoms with E-state index < -0.39 is 0 Å².